The quantitative estimate of drug-likeness (QED) is 0.914. The zero-order valence-electron chi connectivity index (χ0n) is 10.3. The Labute approximate surface area is 108 Å². The molecule has 2 aromatic rings. The van der Waals surface area contributed by atoms with Crippen molar-refractivity contribution in [2.24, 2.45) is 0 Å². The van der Waals surface area contributed by atoms with Crippen LogP contribution < -0.4 is 10.9 Å². The number of carbonyl (C=O) groups is 1. The van der Waals surface area contributed by atoms with E-state index >= 15 is 0 Å². The first-order valence-corrected chi connectivity index (χ1v) is 6.81. The van der Waals surface area contributed by atoms with Gasteiger partial charge in [0.1, 0.15) is 5.56 Å². The fourth-order valence-corrected chi connectivity index (χ4v) is 2.41. The van der Waals surface area contributed by atoms with Gasteiger partial charge in [-0.3, -0.25) is 14.0 Å². The molecule has 0 unspecified atom stereocenters. The van der Waals surface area contributed by atoms with Crippen LogP contribution in [0.15, 0.2) is 22.6 Å². The van der Waals surface area contributed by atoms with E-state index < -0.39 is 0 Å². The van der Waals surface area contributed by atoms with E-state index in [9.17, 15) is 9.59 Å². The average Bonchev–Trinajstić information content (AvgIpc) is 2.85. The molecular formula is C12H15N3O2S. The Morgan fingerprint density at radius 2 is 2.22 bits per heavy atom. The summed E-state index contributed by atoms with van der Waals surface area (Å²) in [7, 11) is 0. The molecule has 0 aliphatic heterocycles. The molecule has 96 valence electrons. The number of hydrogen-bond acceptors (Lipinski definition) is 4. The second-order valence-electron chi connectivity index (χ2n) is 4.02. The highest BCUT2D eigenvalue weighted by Gasteiger charge is 2.16. The Morgan fingerprint density at radius 3 is 2.89 bits per heavy atom. The topological polar surface area (TPSA) is 63.5 Å². The number of hydrogen-bond donors (Lipinski definition) is 1. The Balaban J connectivity index is 2.33. The van der Waals surface area contributed by atoms with E-state index in [1.807, 2.05) is 13.8 Å². The third kappa shape index (κ3) is 2.28. The maximum atomic E-state index is 12.1. The molecule has 5 nitrogen and oxygen atoms in total. The highest BCUT2D eigenvalue weighted by molar-refractivity contribution is 7.15. The second-order valence-corrected chi connectivity index (χ2v) is 4.89. The number of aromatic nitrogens is 2. The Bertz CT molecular complexity index is 613. The van der Waals surface area contributed by atoms with Crippen molar-refractivity contribution in [3.63, 3.8) is 0 Å². The Morgan fingerprint density at radius 1 is 1.50 bits per heavy atom. The summed E-state index contributed by atoms with van der Waals surface area (Å²) in [5, 5.41) is 4.61. The molecule has 2 heterocycles. The van der Waals surface area contributed by atoms with Gasteiger partial charge in [-0.25, -0.2) is 4.98 Å². The van der Waals surface area contributed by atoms with Crippen molar-refractivity contribution in [1.82, 2.24) is 14.7 Å². The van der Waals surface area contributed by atoms with Crippen molar-refractivity contribution in [1.29, 1.82) is 0 Å². The molecule has 18 heavy (non-hydrogen) atoms. The van der Waals surface area contributed by atoms with Gasteiger partial charge in [-0.2, -0.15) is 0 Å². The smallest absolute Gasteiger partial charge is 0.271 e. The molecule has 0 saturated heterocycles. The van der Waals surface area contributed by atoms with Gasteiger partial charge in [0.2, 0.25) is 0 Å². The maximum Gasteiger partial charge on any atom is 0.271 e. The van der Waals surface area contributed by atoms with Gasteiger partial charge in [-0.1, -0.05) is 13.8 Å². The second kappa shape index (κ2) is 5.30. The third-order valence-electron chi connectivity index (χ3n) is 2.91. The van der Waals surface area contributed by atoms with Gasteiger partial charge in [-0.05, 0) is 12.8 Å². The molecule has 0 aliphatic rings. The predicted octanol–water partition coefficient (Wildman–Crippen LogP) is 1.67. The van der Waals surface area contributed by atoms with Crippen LogP contribution in [0.5, 0.6) is 0 Å². The van der Waals surface area contributed by atoms with Crippen LogP contribution in [0.4, 0.5) is 0 Å². The lowest BCUT2D eigenvalue weighted by Crippen LogP contribution is -2.37. The molecule has 0 fully saturated rings. The van der Waals surface area contributed by atoms with Gasteiger partial charge in [0, 0.05) is 23.8 Å². The fraction of sp³-hybridized carbons (Fsp3) is 0.417. The summed E-state index contributed by atoms with van der Waals surface area (Å²) in [6, 6.07) is 0.0973. The fourth-order valence-electron chi connectivity index (χ4n) is 1.74. The van der Waals surface area contributed by atoms with Gasteiger partial charge in [0.05, 0.1) is 0 Å². The number of rotatable bonds is 4. The zero-order valence-corrected chi connectivity index (χ0v) is 11.2. The maximum absolute atomic E-state index is 12.1. The van der Waals surface area contributed by atoms with E-state index in [1.165, 1.54) is 21.9 Å². The van der Waals surface area contributed by atoms with Crippen molar-refractivity contribution < 1.29 is 4.79 Å². The first-order valence-electron chi connectivity index (χ1n) is 5.93. The van der Waals surface area contributed by atoms with E-state index in [0.717, 1.165) is 12.8 Å². The average molecular weight is 265 g/mol. The molecule has 1 N–H and O–H groups in total. The molecule has 0 aliphatic carbocycles. The standard InChI is InChI=1S/C12H15N3O2S/c1-3-8(4-2)14-10(16)9-7-13-12-15(11(9)17)5-6-18-12/h5-8H,3-4H2,1-2H3,(H,14,16). The van der Waals surface area contributed by atoms with Crippen molar-refractivity contribution in [3.8, 4) is 0 Å². The minimum Gasteiger partial charge on any atom is -0.349 e. The molecule has 0 radical (unpaired) electrons. The summed E-state index contributed by atoms with van der Waals surface area (Å²) >= 11 is 1.36. The lowest BCUT2D eigenvalue weighted by atomic mass is 10.1. The largest absolute Gasteiger partial charge is 0.349 e. The normalized spacial score (nSPS) is 11.1. The molecule has 0 saturated carbocycles. The number of nitrogens with zero attached hydrogens (tertiary/aromatic N) is 2. The van der Waals surface area contributed by atoms with Gasteiger partial charge in [0.15, 0.2) is 4.96 Å². The van der Waals surface area contributed by atoms with E-state index in [0.29, 0.717) is 4.96 Å². The molecule has 2 rings (SSSR count). The minimum absolute atomic E-state index is 0.0952. The zero-order chi connectivity index (χ0) is 13.1. The molecule has 2 aromatic heterocycles. The third-order valence-corrected chi connectivity index (χ3v) is 3.68. The van der Waals surface area contributed by atoms with E-state index in [1.54, 1.807) is 11.6 Å². The molecule has 0 spiro atoms. The molecular weight excluding hydrogens is 250 g/mol. The van der Waals surface area contributed by atoms with Gasteiger partial charge >= 0.3 is 0 Å². The number of fused-ring (bicyclic) bond motifs is 1. The minimum atomic E-state index is -0.346. The summed E-state index contributed by atoms with van der Waals surface area (Å²) in [6.07, 6.45) is 4.67. The van der Waals surface area contributed by atoms with E-state index in [4.69, 9.17) is 0 Å². The van der Waals surface area contributed by atoms with Crippen molar-refractivity contribution in [2.45, 2.75) is 32.7 Å². The summed E-state index contributed by atoms with van der Waals surface area (Å²) < 4.78 is 1.40. The van der Waals surface area contributed by atoms with Crippen molar-refractivity contribution in [2.75, 3.05) is 0 Å². The van der Waals surface area contributed by atoms with Crippen LogP contribution in [0.1, 0.15) is 37.0 Å². The van der Waals surface area contributed by atoms with E-state index in [-0.39, 0.29) is 23.1 Å². The molecule has 0 bridgehead atoms. The van der Waals surface area contributed by atoms with Gasteiger partial charge in [-0.15, -0.1) is 11.3 Å². The number of nitrogens with one attached hydrogen (secondary N) is 1. The van der Waals surface area contributed by atoms with Crippen molar-refractivity contribution in [3.05, 3.63) is 33.7 Å². The molecule has 1 amide bonds. The summed E-state index contributed by atoms with van der Waals surface area (Å²) in [4.78, 5) is 28.8. The number of thiazole rings is 1. The lowest BCUT2D eigenvalue weighted by Gasteiger charge is -2.14. The monoisotopic (exact) mass is 265 g/mol. The van der Waals surface area contributed by atoms with E-state index in [2.05, 4.69) is 10.3 Å². The Kier molecular flexibility index (Phi) is 3.76. The summed E-state index contributed by atoms with van der Waals surface area (Å²) in [5.74, 6) is -0.346. The highest BCUT2D eigenvalue weighted by Crippen LogP contribution is 2.06. The Hall–Kier alpha value is -1.69. The van der Waals surface area contributed by atoms with Crippen LogP contribution in [0.25, 0.3) is 4.96 Å². The molecule has 0 atom stereocenters. The lowest BCUT2D eigenvalue weighted by molar-refractivity contribution is 0.0933. The summed E-state index contributed by atoms with van der Waals surface area (Å²) in [5.41, 5.74) is -0.220. The van der Waals surface area contributed by atoms with Crippen LogP contribution in [0.2, 0.25) is 0 Å². The van der Waals surface area contributed by atoms with Crippen LogP contribution in [0.3, 0.4) is 0 Å². The SMILES string of the molecule is CCC(CC)NC(=O)c1cnc2sccn2c1=O. The number of carbonyl (C=O) groups excluding carboxylic acids is 1. The first-order chi connectivity index (χ1) is 8.67. The predicted molar refractivity (Wildman–Crippen MR) is 71.2 cm³/mol. The first kappa shape index (κ1) is 12.8. The van der Waals surface area contributed by atoms with Gasteiger partial charge in [0.25, 0.3) is 11.5 Å². The van der Waals surface area contributed by atoms with Crippen LogP contribution in [-0.4, -0.2) is 21.3 Å². The highest BCUT2D eigenvalue weighted by atomic mass is 32.1. The molecule has 6 heteroatoms. The van der Waals surface area contributed by atoms with Crippen LogP contribution in [-0.2, 0) is 0 Å². The van der Waals surface area contributed by atoms with Crippen molar-refractivity contribution >= 4 is 22.2 Å². The molecule has 0 aromatic carbocycles. The van der Waals surface area contributed by atoms with Crippen LogP contribution >= 0.6 is 11.3 Å². The summed E-state index contributed by atoms with van der Waals surface area (Å²) in [6.45, 7) is 4.00. The van der Waals surface area contributed by atoms with Crippen LogP contribution in [0, 0.1) is 0 Å². The van der Waals surface area contributed by atoms with Gasteiger partial charge < -0.3 is 5.32 Å². The number of amides is 1.